The Morgan fingerprint density at radius 3 is 2.66 bits per heavy atom. The summed E-state index contributed by atoms with van der Waals surface area (Å²) < 4.78 is 8.75. The van der Waals surface area contributed by atoms with E-state index in [1.165, 1.54) is 22.4 Å². The molecule has 5 nitrogen and oxygen atoms in total. The molecule has 0 saturated carbocycles. The molecule has 0 saturated heterocycles. The fourth-order valence-electron chi connectivity index (χ4n) is 5.17. The van der Waals surface area contributed by atoms with E-state index in [0.29, 0.717) is 0 Å². The van der Waals surface area contributed by atoms with Crippen molar-refractivity contribution in [3.8, 4) is 5.75 Å². The molecule has 0 amide bonds. The van der Waals surface area contributed by atoms with Crippen LogP contribution in [-0.4, -0.2) is 28.1 Å². The van der Waals surface area contributed by atoms with E-state index in [1.807, 2.05) is 12.1 Å². The van der Waals surface area contributed by atoms with Crippen molar-refractivity contribution in [2.45, 2.75) is 32.7 Å². The Bertz CT molecular complexity index is 1350. The van der Waals surface area contributed by atoms with E-state index >= 15 is 0 Å². The van der Waals surface area contributed by atoms with Gasteiger partial charge in [-0.1, -0.05) is 47.7 Å². The molecule has 2 aliphatic rings. The second-order valence-corrected chi connectivity index (χ2v) is 8.43. The van der Waals surface area contributed by atoms with Crippen molar-refractivity contribution in [3.05, 3.63) is 89.0 Å². The molecule has 1 aliphatic heterocycles. The Balaban J connectivity index is 1.59. The molecule has 32 heavy (non-hydrogen) atoms. The average Bonchev–Trinajstić information content (AvgIpc) is 3.27. The minimum atomic E-state index is -0.0275. The Morgan fingerprint density at radius 1 is 0.969 bits per heavy atom. The van der Waals surface area contributed by atoms with Crippen molar-refractivity contribution in [2.75, 3.05) is 18.0 Å². The molecular formula is C27H26N4O. The number of allylic oxidation sites excluding steroid dienone is 1. The van der Waals surface area contributed by atoms with Crippen LogP contribution in [-0.2, 0) is 6.42 Å². The van der Waals surface area contributed by atoms with Crippen LogP contribution in [0.1, 0.15) is 43.0 Å². The summed E-state index contributed by atoms with van der Waals surface area (Å²) >= 11 is 0. The number of hydrogen-bond donors (Lipinski definition) is 0. The van der Waals surface area contributed by atoms with Crippen molar-refractivity contribution < 1.29 is 4.74 Å². The number of benzene rings is 3. The fraction of sp³-hybridized carbons (Fsp3) is 0.259. The largest absolute Gasteiger partial charge is 0.456 e. The molecule has 1 aliphatic carbocycles. The van der Waals surface area contributed by atoms with E-state index < -0.39 is 0 Å². The highest BCUT2D eigenvalue weighted by Crippen LogP contribution is 2.48. The summed E-state index contributed by atoms with van der Waals surface area (Å²) in [5, 5.41) is 9.08. The van der Waals surface area contributed by atoms with Crippen molar-refractivity contribution in [1.82, 2.24) is 15.0 Å². The van der Waals surface area contributed by atoms with Crippen LogP contribution in [0.2, 0.25) is 0 Å². The number of anilines is 1. The van der Waals surface area contributed by atoms with Crippen LogP contribution >= 0.6 is 0 Å². The summed E-state index contributed by atoms with van der Waals surface area (Å²) in [6, 6.07) is 23.4. The number of nitrogens with zero attached hydrogens (tertiary/aromatic N) is 4. The van der Waals surface area contributed by atoms with E-state index in [0.717, 1.165) is 54.0 Å². The van der Waals surface area contributed by atoms with Crippen LogP contribution in [0.5, 0.6) is 5.75 Å². The first-order valence-electron chi connectivity index (χ1n) is 11.5. The molecule has 0 spiro atoms. The minimum Gasteiger partial charge on any atom is -0.456 e. The number of fused-ring (bicyclic) bond motifs is 4. The van der Waals surface area contributed by atoms with Gasteiger partial charge in [0.1, 0.15) is 23.1 Å². The van der Waals surface area contributed by atoms with Gasteiger partial charge in [0.25, 0.3) is 0 Å². The van der Waals surface area contributed by atoms with Gasteiger partial charge < -0.3 is 9.64 Å². The number of aromatic nitrogens is 3. The summed E-state index contributed by atoms with van der Waals surface area (Å²) in [6.45, 7) is 6.30. The topological polar surface area (TPSA) is 43.2 Å². The lowest BCUT2D eigenvalue weighted by Crippen LogP contribution is -2.26. The molecule has 1 unspecified atom stereocenters. The molecule has 1 aromatic heterocycles. The fourth-order valence-corrected chi connectivity index (χ4v) is 5.17. The van der Waals surface area contributed by atoms with Gasteiger partial charge in [-0.25, -0.2) is 4.68 Å². The van der Waals surface area contributed by atoms with Gasteiger partial charge in [-0.15, -0.1) is 5.10 Å². The normalized spacial score (nSPS) is 16.9. The van der Waals surface area contributed by atoms with Crippen LogP contribution in [0.25, 0.3) is 16.8 Å². The molecule has 0 radical (unpaired) electrons. The number of hydrogen-bond acceptors (Lipinski definition) is 4. The zero-order valence-corrected chi connectivity index (χ0v) is 18.5. The first-order chi connectivity index (χ1) is 15.8. The van der Waals surface area contributed by atoms with E-state index in [2.05, 4.69) is 88.3 Å². The number of ether oxygens (including phenoxy) is 1. The predicted octanol–water partition coefficient (Wildman–Crippen LogP) is 5.62. The molecule has 0 fully saturated rings. The molecule has 0 bridgehead atoms. The lowest BCUT2D eigenvalue weighted by atomic mass is 9.83. The van der Waals surface area contributed by atoms with Crippen LogP contribution in [0.4, 0.5) is 5.69 Å². The Morgan fingerprint density at radius 2 is 1.78 bits per heavy atom. The third kappa shape index (κ3) is 2.84. The summed E-state index contributed by atoms with van der Waals surface area (Å²) in [6.07, 6.45) is 1.96. The zero-order valence-electron chi connectivity index (χ0n) is 18.5. The average molecular weight is 423 g/mol. The van der Waals surface area contributed by atoms with Gasteiger partial charge in [-0.3, -0.25) is 0 Å². The molecule has 5 heteroatoms. The first-order valence-corrected chi connectivity index (χ1v) is 11.5. The van der Waals surface area contributed by atoms with Crippen LogP contribution < -0.4 is 9.64 Å². The van der Waals surface area contributed by atoms with E-state index in [-0.39, 0.29) is 6.04 Å². The predicted molar refractivity (Wildman–Crippen MR) is 128 cm³/mol. The van der Waals surface area contributed by atoms with Gasteiger partial charge in [0.05, 0.1) is 5.52 Å². The maximum atomic E-state index is 6.67. The van der Waals surface area contributed by atoms with Crippen LogP contribution in [0.3, 0.4) is 0 Å². The van der Waals surface area contributed by atoms with Crippen molar-refractivity contribution in [1.29, 1.82) is 0 Å². The van der Waals surface area contributed by atoms with Gasteiger partial charge in [-0.05, 0) is 50.5 Å². The Kier molecular flexibility index (Phi) is 4.49. The van der Waals surface area contributed by atoms with Crippen molar-refractivity contribution in [3.63, 3.8) is 0 Å². The SMILES string of the molecule is CCN(CC)c1ccc2c(c1)OC1=C(CCc3ccccc31)C2n1nnc2ccccc21. The molecule has 0 N–H and O–H groups in total. The standard InChI is InChI=1S/C27H26N4O/c1-3-30(4-2)19-14-16-21-25(17-19)32-27-20-10-6-5-9-18(20)13-15-22(27)26(21)31-24-12-8-7-11-23(24)28-29-31/h5-12,14,16-17,26H,3-4,13,15H2,1-2H3. The molecule has 160 valence electrons. The molecule has 3 aromatic carbocycles. The van der Waals surface area contributed by atoms with Crippen molar-refractivity contribution in [2.24, 2.45) is 0 Å². The molecule has 1 atom stereocenters. The lowest BCUT2D eigenvalue weighted by molar-refractivity contribution is 0.437. The second kappa shape index (κ2) is 7.52. The van der Waals surface area contributed by atoms with E-state index in [1.54, 1.807) is 0 Å². The monoisotopic (exact) mass is 422 g/mol. The summed E-state index contributed by atoms with van der Waals surface area (Å²) in [5.41, 5.74) is 8.11. The first kappa shape index (κ1) is 19.1. The third-order valence-corrected chi connectivity index (χ3v) is 6.80. The minimum absolute atomic E-state index is 0.0275. The summed E-state index contributed by atoms with van der Waals surface area (Å²) in [4.78, 5) is 2.35. The molecule has 4 aromatic rings. The zero-order chi connectivity index (χ0) is 21.7. The number of aryl methyl sites for hydroxylation is 1. The third-order valence-electron chi connectivity index (χ3n) is 6.80. The number of para-hydroxylation sites is 1. The maximum absolute atomic E-state index is 6.67. The maximum Gasteiger partial charge on any atom is 0.136 e. The van der Waals surface area contributed by atoms with Gasteiger partial charge >= 0.3 is 0 Å². The van der Waals surface area contributed by atoms with Gasteiger partial charge in [0, 0.05) is 41.5 Å². The van der Waals surface area contributed by atoms with E-state index in [9.17, 15) is 0 Å². The van der Waals surface area contributed by atoms with Crippen LogP contribution in [0, 0.1) is 0 Å². The summed E-state index contributed by atoms with van der Waals surface area (Å²) in [7, 11) is 0. The Labute approximate surface area is 187 Å². The second-order valence-electron chi connectivity index (χ2n) is 8.43. The lowest BCUT2D eigenvalue weighted by Gasteiger charge is -2.35. The number of rotatable bonds is 4. The summed E-state index contributed by atoms with van der Waals surface area (Å²) in [5.74, 6) is 1.90. The molecular weight excluding hydrogens is 396 g/mol. The molecule has 6 rings (SSSR count). The Hall–Kier alpha value is -3.60. The van der Waals surface area contributed by atoms with Gasteiger partial charge in [-0.2, -0.15) is 0 Å². The van der Waals surface area contributed by atoms with Gasteiger partial charge in [0.2, 0.25) is 0 Å². The highest BCUT2D eigenvalue weighted by atomic mass is 16.5. The van der Waals surface area contributed by atoms with E-state index in [4.69, 9.17) is 4.74 Å². The van der Waals surface area contributed by atoms with Crippen LogP contribution in [0.15, 0.2) is 72.3 Å². The highest BCUT2D eigenvalue weighted by Gasteiger charge is 2.36. The van der Waals surface area contributed by atoms with Gasteiger partial charge in [0.15, 0.2) is 0 Å². The highest BCUT2D eigenvalue weighted by molar-refractivity contribution is 5.78. The smallest absolute Gasteiger partial charge is 0.136 e. The molecule has 2 heterocycles. The van der Waals surface area contributed by atoms with Crippen molar-refractivity contribution >= 4 is 22.5 Å². The quantitative estimate of drug-likeness (QED) is 0.428.